The Morgan fingerprint density at radius 3 is 2.68 bits per heavy atom. The molecule has 0 aliphatic carbocycles. The Balaban J connectivity index is 2.07. The third-order valence-corrected chi connectivity index (χ3v) is 3.08. The lowest BCUT2D eigenvalue weighted by molar-refractivity contribution is 0.0950. The van der Waals surface area contributed by atoms with E-state index in [0.29, 0.717) is 11.6 Å². The normalized spacial score (nSPS) is 10.3. The van der Waals surface area contributed by atoms with Crippen LogP contribution in [0.1, 0.15) is 15.9 Å². The summed E-state index contributed by atoms with van der Waals surface area (Å²) < 4.78 is 13.1. The van der Waals surface area contributed by atoms with E-state index >= 15 is 0 Å². The van der Waals surface area contributed by atoms with Crippen LogP contribution in [0.3, 0.4) is 0 Å². The Labute approximate surface area is 120 Å². The van der Waals surface area contributed by atoms with Crippen LogP contribution in [0.25, 0.3) is 0 Å². The second-order valence-corrected chi connectivity index (χ2v) is 4.78. The van der Waals surface area contributed by atoms with E-state index in [-0.39, 0.29) is 10.6 Å². The maximum absolute atomic E-state index is 13.1. The smallest absolute Gasteiger partial charge is 0.253 e. The number of carbonyl (C=O) groups excluding carboxylic acids is 1. The molecule has 0 saturated heterocycles. The van der Waals surface area contributed by atoms with Crippen molar-refractivity contribution in [2.24, 2.45) is 0 Å². The van der Waals surface area contributed by atoms with Gasteiger partial charge >= 0.3 is 0 Å². The summed E-state index contributed by atoms with van der Waals surface area (Å²) in [5.41, 5.74) is 0.970. The van der Waals surface area contributed by atoms with Gasteiger partial charge in [-0.2, -0.15) is 0 Å². The lowest BCUT2D eigenvalue weighted by atomic mass is 10.2. The van der Waals surface area contributed by atoms with Gasteiger partial charge in [-0.3, -0.25) is 4.79 Å². The Morgan fingerprint density at radius 2 is 1.95 bits per heavy atom. The predicted molar refractivity (Wildman–Crippen MR) is 74.0 cm³/mol. The van der Waals surface area contributed by atoms with Crippen LogP contribution < -0.4 is 5.32 Å². The fourth-order valence-electron chi connectivity index (χ4n) is 1.60. The molecule has 0 radical (unpaired) electrons. The molecule has 0 atom stereocenters. The molecule has 0 unspecified atom stereocenters. The second kappa shape index (κ2) is 6.04. The van der Waals surface area contributed by atoms with Gasteiger partial charge in [-0.25, -0.2) is 4.39 Å². The quantitative estimate of drug-likeness (QED) is 0.909. The first kappa shape index (κ1) is 13.8. The molecule has 0 spiro atoms. The van der Waals surface area contributed by atoms with Crippen molar-refractivity contribution in [3.63, 3.8) is 0 Å². The maximum Gasteiger partial charge on any atom is 0.253 e. The van der Waals surface area contributed by atoms with Gasteiger partial charge in [-0.1, -0.05) is 35.3 Å². The number of hydrogen-bond acceptors (Lipinski definition) is 1. The maximum atomic E-state index is 13.1. The van der Waals surface area contributed by atoms with Crippen LogP contribution in [0.5, 0.6) is 0 Å². The number of rotatable bonds is 3. The summed E-state index contributed by atoms with van der Waals surface area (Å²) >= 11 is 11.7. The molecule has 98 valence electrons. The average Bonchev–Trinajstić information content (AvgIpc) is 2.39. The van der Waals surface area contributed by atoms with Gasteiger partial charge in [0, 0.05) is 11.6 Å². The Hall–Kier alpha value is -1.58. The van der Waals surface area contributed by atoms with Crippen molar-refractivity contribution in [1.82, 2.24) is 5.32 Å². The average molecular weight is 298 g/mol. The zero-order valence-corrected chi connectivity index (χ0v) is 11.3. The van der Waals surface area contributed by atoms with Crippen molar-refractivity contribution < 1.29 is 9.18 Å². The Bertz CT molecular complexity index is 616. The number of amides is 1. The van der Waals surface area contributed by atoms with E-state index in [2.05, 4.69) is 5.32 Å². The summed E-state index contributed by atoms with van der Waals surface area (Å²) in [6, 6.07) is 10.8. The highest BCUT2D eigenvalue weighted by Gasteiger charge is 2.11. The van der Waals surface area contributed by atoms with Gasteiger partial charge in [0.25, 0.3) is 5.91 Å². The SMILES string of the molecule is O=C(NCc1cccc(Cl)c1)c1cc(F)ccc1Cl. The summed E-state index contributed by atoms with van der Waals surface area (Å²) in [5, 5.41) is 3.47. The summed E-state index contributed by atoms with van der Waals surface area (Å²) in [6.07, 6.45) is 0. The molecule has 1 N–H and O–H groups in total. The number of halogens is 3. The first-order chi connectivity index (χ1) is 9.06. The summed E-state index contributed by atoms with van der Waals surface area (Å²) in [7, 11) is 0. The largest absolute Gasteiger partial charge is 0.348 e. The van der Waals surface area contributed by atoms with Crippen LogP contribution in [0.15, 0.2) is 42.5 Å². The van der Waals surface area contributed by atoms with Crippen molar-refractivity contribution in [2.75, 3.05) is 0 Å². The molecule has 0 bridgehead atoms. The molecule has 0 fully saturated rings. The van der Waals surface area contributed by atoms with Gasteiger partial charge in [-0.15, -0.1) is 0 Å². The standard InChI is InChI=1S/C14H10Cl2FNO/c15-10-3-1-2-9(6-10)8-18-14(19)12-7-11(17)4-5-13(12)16/h1-7H,8H2,(H,18,19). The fourth-order valence-corrected chi connectivity index (χ4v) is 2.01. The first-order valence-electron chi connectivity index (χ1n) is 5.54. The molecular formula is C14H10Cl2FNO. The molecule has 2 aromatic carbocycles. The second-order valence-electron chi connectivity index (χ2n) is 3.94. The molecule has 0 aliphatic rings. The van der Waals surface area contributed by atoms with Gasteiger partial charge < -0.3 is 5.32 Å². The molecule has 0 aliphatic heterocycles. The van der Waals surface area contributed by atoms with Crippen LogP contribution in [-0.2, 0) is 6.54 Å². The number of benzene rings is 2. The zero-order chi connectivity index (χ0) is 13.8. The van der Waals surface area contributed by atoms with Crippen molar-refractivity contribution >= 4 is 29.1 Å². The minimum Gasteiger partial charge on any atom is -0.348 e. The lowest BCUT2D eigenvalue weighted by Crippen LogP contribution is -2.23. The van der Waals surface area contributed by atoms with Crippen molar-refractivity contribution in [3.05, 3.63) is 69.5 Å². The third-order valence-electron chi connectivity index (χ3n) is 2.52. The number of nitrogens with one attached hydrogen (secondary N) is 1. The van der Waals surface area contributed by atoms with E-state index in [0.717, 1.165) is 11.6 Å². The molecule has 0 heterocycles. The topological polar surface area (TPSA) is 29.1 Å². The molecule has 19 heavy (non-hydrogen) atoms. The molecule has 5 heteroatoms. The highest BCUT2D eigenvalue weighted by Crippen LogP contribution is 2.17. The van der Waals surface area contributed by atoms with Crippen molar-refractivity contribution in [3.8, 4) is 0 Å². The fraction of sp³-hybridized carbons (Fsp3) is 0.0714. The highest BCUT2D eigenvalue weighted by atomic mass is 35.5. The van der Waals surface area contributed by atoms with E-state index in [1.54, 1.807) is 18.2 Å². The molecular weight excluding hydrogens is 288 g/mol. The molecule has 2 rings (SSSR count). The van der Waals surface area contributed by atoms with E-state index < -0.39 is 11.7 Å². The number of hydrogen-bond donors (Lipinski definition) is 1. The molecule has 0 saturated carbocycles. The third kappa shape index (κ3) is 3.69. The van der Waals surface area contributed by atoms with Crippen molar-refractivity contribution in [1.29, 1.82) is 0 Å². The number of carbonyl (C=O) groups is 1. The molecule has 2 nitrogen and oxygen atoms in total. The zero-order valence-electron chi connectivity index (χ0n) is 9.79. The first-order valence-corrected chi connectivity index (χ1v) is 6.29. The minimum atomic E-state index is -0.502. The van der Waals surface area contributed by atoms with Gasteiger partial charge in [-0.05, 0) is 35.9 Å². The highest BCUT2D eigenvalue weighted by molar-refractivity contribution is 6.33. The van der Waals surface area contributed by atoms with Crippen LogP contribution in [0.2, 0.25) is 10.0 Å². The van der Waals surface area contributed by atoms with Crippen LogP contribution in [-0.4, -0.2) is 5.91 Å². The Morgan fingerprint density at radius 1 is 1.16 bits per heavy atom. The van der Waals surface area contributed by atoms with Crippen molar-refractivity contribution in [2.45, 2.75) is 6.54 Å². The predicted octanol–water partition coefficient (Wildman–Crippen LogP) is 4.06. The molecule has 0 aromatic heterocycles. The van der Waals surface area contributed by atoms with Gasteiger partial charge in [0.1, 0.15) is 5.82 Å². The summed E-state index contributed by atoms with van der Waals surface area (Å²) in [4.78, 5) is 11.9. The van der Waals surface area contributed by atoms with Gasteiger partial charge in [0.15, 0.2) is 0 Å². The summed E-state index contributed by atoms with van der Waals surface area (Å²) in [6.45, 7) is 0.298. The van der Waals surface area contributed by atoms with E-state index in [1.807, 2.05) is 6.07 Å². The molecule has 1 amide bonds. The van der Waals surface area contributed by atoms with E-state index in [9.17, 15) is 9.18 Å². The summed E-state index contributed by atoms with van der Waals surface area (Å²) in [5.74, 6) is -0.929. The van der Waals surface area contributed by atoms with E-state index in [1.165, 1.54) is 12.1 Å². The monoisotopic (exact) mass is 297 g/mol. The van der Waals surface area contributed by atoms with E-state index in [4.69, 9.17) is 23.2 Å². The lowest BCUT2D eigenvalue weighted by Gasteiger charge is -2.07. The van der Waals surface area contributed by atoms with Gasteiger partial charge in [0.05, 0.1) is 10.6 Å². The molecule has 2 aromatic rings. The van der Waals surface area contributed by atoms with Crippen LogP contribution in [0.4, 0.5) is 4.39 Å². The minimum absolute atomic E-state index is 0.115. The van der Waals surface area contributed by atoms with Crippen LogP contribution in [0, 0.1) is 5.82 Å². The van der Waals surface area contributed by atoms with Crippen LogP contribution >= 0.6 is 23.2 Å². The Kier molecular flexibility index (Phi) is 4.40. The van der Waals surface area contributed by atoms with Gasteiger partial charge in [0.2, 0.25) is 0 Å².